The summed E-state index contributed by atoms with van der Waals surface area (Å²) in [4.78, 5) is 24.3. The molecule has 0 saturated carbocycles. The van der Waals surface area contributed by atoms with Gasteiger partial charge in [0.05, 0.1) is 23.6 Å². The number of likely N-dealkylation sites (tertiary alicyclic amines) is 1. The number of carbonyl (C=O) groups excluding carboxylic acids is 1. The smallest absolute Gasteiger partial charge is 0.309 e. The lowest BCUT2D eigenvalue weighted by molar-refractivity contribution is -0.142. The van der Waals surface area contributed by atoms with Gasteiger partial charge in [0.15, 0.2) is 0 Å². The second-order valence-corrected chi connectivity index (χ2v) is 4.34. The lowest BCUT2D eigenvalue weighted by Gasteiger charge is -2.23. The Labute approximate surface area is 104 Å². The van der Waals surface area contributed by atoms with Gasteiger partial charge in [0, 0.05) is 13.5 Å². The van der Waals surface area contributed by atoms with Crippen LogP contribution in [0.3, 0.4) is 0 Å². The summed E-state index contributed by atoms with van der Waals surface area (Å²) in [6.45, 7) is 0. The van der Waals surface area contributed by atoms with Gasteiger partial charge in [0.1, 0.15) is 0 Å². The van der Waals surface area contributed by atoms with Crippen molar-refractivity contribution in [1.82, 2.24) is 4.90 Å². The molecular weight excluding hydrogens is 232 g/mol. The van der Waals surface area contributed by atoms with E-state index in [0.717, 1.165) is 0 Å². The van der Waals surface area contributed by atoms with E-state index < -0.39 is 17.9 Å². The summed E-state index contributed by atoms with van der Waals surface area (Å²) in [6, 6.07) is 8.24. The van der Waals surface area contributed by atoms with Crippen LogP contribution in [-0.2, 0) is 9.59 Å². The summed E-state index contributed by atoms with van der Waals surface area (Å²) in [5, 5.41) is 18.0. The van der Waals surface area contributed by atoms with Crippen molar-refractivity contribution >= 4 is 11.9 Å². The summed E-state index contributed by atoms with van der Waals surface area (Å²) in [5.41, 5.74) is 1.15. The summed E-state index contributed by atoms with van der Waals surface area (Å²) < 4.78 is 0. The van der Waals surface area contributed by atoms with Crippen molar-refractivity contribution in [2.45, 2.75) is 12.5 Å². The molecule has 1 heterocycles. The SMILES string of the molecule is CN1C(=O)CC(C(=O)O)C1c1cccc(C#N)c1. The lowest BCUT2D eigenvalue weighted by atomic mass is 9.93. The normalized spacial score (nSPS) is 22.9. The average molecular weight is 244 g/mol. The molecule has 5 nitrogen and oxygen atoms in total. The van der Waals surface area contributed by atoms with Crippen molar-refractivity contribution in [2.24, 2.45) is 5.92 Å². The number of aliphatic carboxylic acids is 1. The fourth-order valence-electron chi connectivity index (χ4n) is 2.34. The summed E-state index contributed by atoms with van der Waals surface area (Å²) in [5.74, 6) is -1.92. The molecule has 1 aromatic carbocycles. The van der Waals surface area contributed by atoms with Crippen molar-refractivity contribution in [3.05, 3.63) is 35.4 Å². The van der Waals surface area contributed by atoms with Gasteiger partial charge in [0.25, 0.3) is 0 Å². The summed E-state index contributed by atoms with van der Waals surface area (Å²) in [6.07, 6.45) is 0.00722. The monoisotopic (exact) mass is 244 g/mol. The van der Waals surface area contributed by atoms with Crippen molar-refractivity contribution in [3.8, 4) is 6.07 Å². The molecule has 2 rings (SSSR count). The first-order valence-corrected chi connectivity index (χ1v) is 5.53. The van der Waals surface area contributed by atoms with E-state index in [4.69, 9.17) is 10.4 Å². The molecule has 5 heteroatoms. The minimum Gasteiger partial charge on any atom is -0.481 e. The molecule has 0 spiro atoms. The first kappa shape index (κ1) is 12.1. The number of nitrogens with zero attached hydrogens (tertiary/aromatic N) is 2. The fraction of sp³-hybridized carbons (Fsp3) is 0.308. The standard InChI is InChI=1S/C13H12N2O3/c1-15-11(16)6-10(13(17)18)12(15)9-4-2-3-8(5-9)7-14/h2-5,10,12H,6H2,1H3,(H,17,18). The second kappa shape index (κ2) is 4.49. The van der Waals surface area contributed by atoms with Gasteiger partial charge in [-0.2, -0.15) is 5.26 Å². The lowest BCUT2D eigenvalue weighted by Crippen LogP contribution is -2.26. The highest BCUT2D eigenvalue weighted by atomic mass is 16.4. The molecule has 18 heavy (non-hydrogen) atoms. The topological polar surface area (TPSA) is 81.4 Å². The molecule has 1 aliphatic rings. The molecule has 1 aliphatic heterocycles. The first-order chi connectivity index (χ1) is 8.54. The van der Waals surface area contributed by atoms with Crippen LogP contribution in [0.1, 0.15) is 23.6 Å². The first-order valence-electron chi connectivity index (χ1n) is 5.53. The maximum atomic E-state index is 11.6. The predicted molar refractivity (Wildman–Crippen MR) is 62.4 cm³/mol. The van der Waals surface area contributed by atoms with Gasteiger partial charge in [-0.1, -0.05) is 12.1 Å². The maximum absolute atomic E-state index is 11.6. The van der Waals surface area contributed by atoms with Crippen LogP contribution in [-0.4, -0.2) is 28.9 Å². The van der Waals surface area contributed by atoms with Gasteiger partial charge in [0.2, 0.25) is 5.91 Å². The molecule has 2 atom stereocenters. The Kier molecular flexibility index (Phi) is 3.02. The number of carboxylic acids is 1. The minimum atomic E-state index is -0.986. The fourth-order valence-corrected chi connectivity index (χ4v) is 2.34. The van der Waals surface area contributed by atoms with E-state index in [9.17, 15) is 9.59 Å². The van der Waals surface area contributed by atoms with E-state index >= 15 is 0 Å². The molecule has 2 unspecified atom stereocenters. The molecular formula is C13H12N2O3. The van der Waals surface area contributed by atoms with Crippen LogP contribution < -0.4 is 0 Å². The number of carbonyl (C=O) groups is 2. The Balaban J connectivity index is 2.43. The average Bonchev–Trinajstić information content (AvgIpc) is 2.66. The zero-order chi connectivity index (χ0) is 13.3. The van der Waals surface area contributed by atoms with Gasteiger partial charge in [-0.05, 0) is 17.7 Å². The Hall–Kier alpha value is -2.35. The highest BCUT2D eigenvalue weighted by Crippen LogP contribution is 2.37. The Morgan fingerprint density at radius 3 is 2.89 bits per heavy atom. The van der Waals surface area contributed by atoms with Crippen molar-refractivity contribution in [3.63, 3.8) is 0 Å². The summed E-state index contributed by atoms with van der Waals surface area (Å²) in [7, 11) is 1.59. The molecule has 92 valence electrons. The Morgan fingerprint density at radius 1 is 1.56 bits per heavy atom. The Morgan fingerprint density at radius 2 is 2.28 bits per heavy atom. The van der Waals surface area contributed by atoms with Crippen LogP contribution in [0.5, 0.6) is 0 Å². The van der Waals surface area contributed by atoms with Crippen molar-refractivity contribution in [1.29, 1.82) is 5.26 Å². The van der Waals surface area contributed by atoms with E-state index in [1.807, 2.05) is 6.07 Å². The molecule has 1 aromatic rings. The molecule has 0 bridgehead atoms. The van der Waals surface area contributed by atoms with E-state index in [1.165, 1.54) is 4.90 Å². The highest BCUT2D eigenvalue weighted by molar-refractivity contribution is 5.87. The molecule has 0 radical (unpaired) electrons. The molecule has 1 N–H and O–H groups in total. The third-order valence-corrected chi connectivity index (χ3v) is 3.26. The zero-order valence-corrected chi connectivity index (χ0v) is 9.83. The van der Waals surface area contributed by atoms with Gasteiger partial charge < -0.3 is 10.0 Å². The molecule has 1 fully saturated rings. The van der Waals surface area contributed by atoms with Crippen molar-refractivity contribution in [2.75, 3.05) is 7.05 Å². The van der Waals surface area contributed by atoms with E-state index in [-0.39, 0.29) is 12.3 Å². The van der Waals surface area contributed by atoms with Crippen LogP contribution >= 0.6 is 0 Å². The Bertz CT molecular complexity index is 547. The number of nitriles is 1. The predicted octanol–water partition coefficient (Wildman–Crippen LogP) is 1.16. The molecule has 0 aliphatic carbocycles. The number of amides is 1. The molecule has 1 amide bonds. The third kappa shape index (κ3) is 1.93. The number of hydrogen-bond donors (Lipinski definition) is 1. The van der Waals surface area contributed by atoms with E-state index in [2.05, 4.69) is 0 Å². The number of hydrogen-bond acceptors (Lipinski definition) is 3. The van der Waals surface area contributed by atoms with E-state index in [0.29, 0.717) is 11.1 Å². The quantitative estimate of drug-likeness (QED) is 0.846. The second-order valence-electron chi connectivity index (χ2n) is 4.34. The van der Waals surface area contributed by atoms with Crippen LogP contribution in [0.15, 0.2) is 24.3 Å². The number of rotatable bonds is 2. The van der Waals surface area contributed by atoms with Crippen LogP contribution in [0, 0.1) is 17.2 Å². The van der Waals surface area contributed by atoms with Crippen LogP contribution in [0.4, 0.5) is 0 Å². The van der Waals surface area contributed by atoms with Crippen LogP contribution in [0.2, 0.25) is 0 Å². The van der Waals surface area contributed by atoms with Gasteiger partial charge in [-0.15, -0.1) is 0 Å². The molecule has 1 saturated heterocycles. The van der Waals surface area contributed by atoms with Crippen molar-refractivity contribution < 1.29 is 14.7 Å². The molecule has 0 aromatic heterocycles. The van der Waals surface area contributed by atoms with Gasteiger partial charge >= 0.3 is 5.97 Å². The minimum absolute atomic E-state index is 0.00722. The van der Waals surface area contributed by atoms with Crippen LogP contribution in [0.25, 0.3) is 0 Å². The van der Waals surface area contributed by atoms with Gasteiger partial charge in [-0.25, -0.2) is 0 Å². The maximum Gasteiger partial charge on any atom is 0.309 e. The highest BCUT2D eigenvalue weighted by Gasteiger charge is 2.42. The number of benzene rings is 1. The van der Waals surface area contributed by atoms with E-state index in [1.54, 1.807) is 31.3 Å². The number of carboxylic acid groups (broad SMARTS) is 1. The largest absolute Gasteiger partial charge is 0.481 e. The third-order valence-electron chi connectivity index (χ3n) is 3.26. The zero-order valence-electron chi connectivity index (χ0n) is 9.83. The summed E-state index contributed by atoms with van der Waals surface area (Å²) >= 11 is 0. The van der Waals surface area contributed by atoms with Gasteiger partial charge in [-0.3, -0.25) is 9.59 Å².